The highest BCUT2D eigenvalue weighted by atomic mass is 19.2. The standard InChI is InChI=1S/C18H15F3O/c1-11-2-3-14(10-22-11)12-4-6-13(7-5-12)15-8-16(19)18(21)17(20)9-15/h4-11H,2-3H2,1H3. The molecule has 22 heavy (non-hydrogen) atoms. The lowest BCUT2D eigenvalue weighted by molar-refractivity contribution is 0.144. The van der Waals surface area contributed by atoms with Crippen molar-refractivity contribution < 1.29 is 17.9 Å². The van der Waals surface area contributed by atoms with Gasteiger partial charge in [-0.15, -0.1) is 0 Å². The van der Waals surface area contributed by atoms with E-state index in [2.05, 4.69) is 0 Å². The van der Waals surface area contributed by atoms with Gasteiger partial charge in [0, 0.05) is 0 Å². The number of benzene rings is 2. The molecule has 0 saturated carbocycles. The molecule has 0 aliphatic carbocycles. The number of ether oxygens (including phenoxy) is 1. The molecule has 0 saturated heterocycles. The Hall–Kier alpha value is -2.23. The van der Waals surface area contributed by atoms with Crippen LogP contribution in [0.25, 0.3) is 16.7 Å². The third-order valence-corrected chi connectivity index (χ3v) is 3.84. The third kappa shape index (κ3) is 2.86. The molecule has 4 heteroatoms. The van der Waals surface area contributed by atoms with E-state index >= 15 is 0 Å². The molecule has 0 radical (unpaired) electrons. The van der Waals surface area contributed by atoms with Gasteiger partial charge in [0.05, 0.1) is 12.4 Å². The molecule has 0 spiro atoms. The topological polar surface area (TPSA) is 9.23 Å². The Labute approximate surface area is 127 Å². The van der Waals surface area contributed by atoms with Crippen molar-refractivity contribution in [3.63, 3.8) is 0 Å². The summed E-state index contributed by atoms with van der Waals surface area (Å²) in [5, 5.41) is 0. The summed E-state index contributed by atoms with van der Waals surface area (Å²) in [4.78, 5) is 0. The lowest BCUT2D eigenvalue weighted by Gasteiger charge is -2.20. The quantitative estimate of drug-likeness (QED) is 0.683. The van der Waals surface area contributed by atoms with Crippen LogP contribution in [0.2, 0.25) is 0 Å². The van der Waals surface area contributed by atoms with Crippen LogP contribution in [-0.4, -0.2) is 6.10 Å². The van der Waals surface area contributed by atoms with Gasteiger partial charge in [-0.3, -0.25) is 0 Å². The monoisotopic (exact) mass is 304 g/mol. The van der Waals surface area contributed by atoms with Gasteiger partial charge in [-0.05, 0) is 54.2 Å². The Morgan fingerprint density at radius 1 is 0.909 bits per heavy atom. The minimum Gasteiger partial charge on any atom is -0.498 e. The maximum absolute atomic E-state index is 13.3. The van der Waals surface area contributed by atoms with Crippen molar-refractivity contribution in [2.24, 2.45) is 0 Å². The van der Waals surface area contributed by atoms with E-state index in [1.165, 1.54) is 0 Å². The Bertz CT molecular complexity index is 697. The number of rotatable bonds is 2. The first kappa shape index (κ1) is 14.7. The molecule has 3 rings (SSSR count). The molecule has 1 atom stereocenters. The fraction of sp³-hybridized carbons (Fsp3) is 0.222. The van der Waals surface area contributed by atoms with Gasteiger partial charge in [-0.25, -0.2) is 13.2 Å². The first-order valence-electron chi connectivity index (χ1n) is 7.14. The largest absolute Gasteiger partial charge is 0.498 e. The molecule has 1 unspecified atom stereocenters. The van der Waals surface area contributed by atoms with Gasteiger partial charge in [0.25, 0.3) is 0 Å². The SMILES string of the molecule is CC1CCC(c2ccc(-c3cc(F)c(F)c(F)c3)cc2)=CO1. The Morgan fingerprint density at radius 2 is 1.50 bits per heavy atom. The average molecular weight is 304 g/mol. The molecule has 2 aromatic carbocycles. The molecule has 0 bridgehead atoms. The molecule has 2 aromatic rings. The van der Waals surface area contributed by atoms with Gasteiger partial charge in [-0.1, -0.05) is 24.3 Å². The van der Waals surface area contributed by atoms with Gasteiger partial charge in [-0.2, -0.15) is 0 Å². The summed E-state index contributed by atoms with van der Waals surface area (Å²) < 4.78 is 45.1. The maximum Gasteiger partial charge on any atom is 0.194 e. The molecule has 1 aliphatic heterocycles. The van der Waals surface area contributed by atoms with Crippen LogP contribution in [0.4, 0.5) is 13.2 Å². The number of halogens is 3. The minimum absolute atomic E-state index is 0.230. The molecule has 0 fully saturated rings. The normalized spacial score (nSPS) is 17.8. The third-order valence-electron chi connectivity index (χ3n) is 3.84. The van der Waals surface area contributed by atoms with Gasteiger partial charge >= 0.3 is 0 Å². The average Bonchev–Trinajstić information content (AvgIpc) is 2.53. The first-order valence-corrected chi connectivity index (χ1v) is 7.14. The molecule has 0 aromatic heterocycles. The minimum atomic E-state index is -1.45. The number of allylic oxidation sites excluding steroid dienone is 1. The second-order valence-corrected chi connectivity index (χ2v) is 5.46. The van der Waals surface area contributed by atoms with Crippen LogP contribution in [0.3, 0.4) is 0 Å². The molecular weight excluding hydrogens is 289 g/mol. The zero-order valence-electron chi connectivity index (χ0n) is 12.1. The van der Waals surface area contributed by atoms with Crippen molar-refractivity contribution in [3.05, 3.63) is 65.7 Å². The number of hydrogen-bond donors (Lipinski definition) is 0. The highest BCUT2D eigenvalue weighted by Crippen LogP contribution is 2.29. The molecule has 1 nitrogen and oxygen atoms in total. The van der Waals surface area contributed by atoms with E-state index in [4.69, 9.17) is 4.74 Å². The molecule has 0 N–H and O–H groups in total. The van der Waals surface area contributed by atoms with Crippen LogP contribution in [0, 0.1) is 17.5 Å². The second kappa shape index (κ2) is 5.87. The van der Waals surface area contributed by atoms with Crippen molar-refractivity contribution in [3.8, 4) is 11.1 Å². The van der Waals surface area contributed by atoms with E-state index in [0.29, 0.717) is 11.1 Å². The van der Waals surface area contributed by atoms with Crippen LogP contribution >= 0.6 is 0 Å². The summed E-state index contributed by atoms with van der Waals surface area (Å²) in [6.07, 6.45) is 3.89. The fourth-order valence-electron chi connectivity index (χ4n) is 2.50. The smallest absolute Gasteiger partial charge is 0.194 e. The van der Waals surface area contributed by atoms with Crippen molar-refractivity contribution in [1.29, 1.82) is 0 Å². The lowest BCUT2D eigenvalue weighted by atomic mass is 9.96. The molecule has 114 valence electrons. The van der Waals surface area contributed by atoms with Crippen LogP contribution in [0.5, 0.6) is 0 Å². The predicted molar refractivity (Wildman–Crippen MR) is 79.5 cm³/mol. The van der Waals surface area contributed by atoms with Crippen LogP contribution < -0.4 is 0 Å². The predicted octanol–water partition coefficient (Wildman–Crippen LogP) is 5.31. The van der Waals surface area contributed by atoms with Crippen LogP contribution in [0.15, 0.2) is 42.7 Å². The summed E-state index contributed by atoms with van der Waals surface area (Å²) in [5.74, 6) is -3.81. The lowest BCUT2D eigenvalue weighted by Crippen LogP contribution is -2.09. The van der Waals surface area contributed by atoms with E-state index < -0.39 is 17.5 Å². The van der Waals surface area contributed by atoms with Crippen LogP contribution in [0.1, 0.15) is 25.3 Å². The molecule has 0 amide bonds. The van der Waals surface area contributed by atoms with E-state index in [9.17, 15) is 13.2 Å². The van der Waals surface area contributed by atoms with E-state index in [0.717, 1.165) is 36.1 Å². The molecular formula is C18H15F3O. The Kier molecular flexibility index (Phi) is 3.92. The van der Waals surface area contributed by atoms with Gasteiger partial charge < -0.3 is 4.74 Å². The fourth-order valence-corrected chi connectivity index (χ4v) is 2.50. The highest BCUT2D eigenvalue weighted by molar-refractivity contribution is 5.70. The van der Waals surface area contributed by atoms with Crippen molar-refractivity contribution in [1.82, 2.24) is 0 Å². The van der Waals surface area contributed by atoms with E-state index in [1.807, 2.05) is 19.1 Å². The molecule has 1 heterocycles. The second-order valence-electron chi connectivity index (χ2n) is 5.46. The highest BCUT2D eigenvalue weighted by Gasteiger charge is 2.14. The Balaban J connectivity index is 1.89. The first-order chi connectivity index (χ1) is 10.5. The maximum atomic E-state index is 13.3. The zero-order chi connectivity index (χ0) is 15.7. The summed E-state index contributed by atoms with van der Waals surface area (Å²) in [6, 6.07) is 9.27. The zero-order valence-corrected chi connectivity index (χ0v) is 12.1. The van der Waals surface area contributed by atoms with Gasteiger partial charge in [0.15, 0.2) is 17.5 Å². The van der Waals surface area contributed by atoms with Gasteiger partial charge in [0.1, 0.15) is 0 Å². The van der Waals surface area contributed by atoms with E-state index in [1.54, 1.807) is 18.4 Å². The molecule has 1 aliphatic rings. The summed E-state index contributed by atoms with van der Waals surface area (Å²) in [6.45, 7) is 2.02. The van der Waals surface area contributed by atoms with E-state index in [-0.39, 0.29) is 6.10 Å². The van der Waals surface area contributed by atoms with Crippen molar-refractivity contribution in [2.45, 2.75) is 25.9 Å². The van der Waals surface area contributed by atoms with Crippen molar-refractivity contribution >= 4 is 5.57 Å². The summed E-state index contributed by atoms with van der Waals surface area (Å²) in [5.41, 5.74) is 3.05. The van der Waals surface area contributed by atoms with Crippen LogP contribution in [-0.2, 0) is 4.74 Å². The Morgan fingerprint density at radius 3 is 2.05 bits per heavy atom. The summed E-state index contributed by atoms with van der Waals surface area (Å²) in [7, 11) is 0. The number of hydrogen-bond acceptors (Lipinski definition) is 1. The van der Waals surface area contributed by atoms with Crippen molar-refractivity contribution in [2.75, 3.05) is 0 Å². The van der Waals surface area contributed by atoms with Gasteiger partial charge in [0.2, 0.25) is 0 Å². The summed E-state index contributed by atoms with van der Waals surface area (Å²) >= 11 is 0.